The van der Waals surface area contributed by atoms with Crippen molar-refractivity contribution in [2.45, 2.75) is 13.1 Å². The van der Waals surface area contributed by atoms with Gasteiger partial charge in [-0.25, -0.2) is 9.97 Å². The van der Waals surface area contributed by atoms with E-state index in [9.17, 15) is 0 Å². The summed E-state index contributed by atoms with van der Waals surface area (Å²) in [7, 11) is 4.02. The molecule has 0 aromatic carbocycles. The minimum Gasteiger partial charge on any atom is -0.324 e. The van der Waals surface area contributed by atoms with Crippen molar-refractivity contribution >= 4 is 0 Å². The Bertz CT molecular complexity index is 229. The van der Waals surface area contributed by atoms with Crippen LogP contribution in [0, 0.1) is 0 Å². The molecular weight excluding hydrogens is 152 g/mol. The van der Waals surface area contributed by atoms with Crippen molar-refractivity contribution in [1.82, 2.24) is 14.9 Å². The Balaban J connectivity index is 2.65. The van der Waals surface area contributed by atoms with Crippen LogP contribution in [0.4, 0.5) is 0 Å². The van der Waals surface area contributed by atoms with Gasteiger partial charge in [0.15, 0.2) is 0 Å². The van der Waals surface area contributed by atoms with Crippen molar-refractivity contribution in [3.63, 3.8) is 0 Å². The van der Waals surface area contributed by atoms with Gasteiger partial charge in [0, 0.05) is 24.5 Å². The summed E-state index contributed by atoms with van der Waals surface area (Å²) in [5.74, 6) is 0.692. The molecule has 1 rings (SSSR count). The summed E-state index contributed by atoms with van der Waals surface area (Å²) in [5, 5.41) is 0. The quantitative estimate of drug-likeness (QED) is 0.686. The van der Waals surface area contributed by atoms with Crippen molar-refractivity contribution < 1.29 is 0 Å². The molecule has 0 radical (unpaired) electrons. The molecule has 0 bridgehead atoms. The van der Waals surface area contributed by atoms with Crippen LogP contribution < -0.4 is 5.73 Å². The van der Waals surface area contributed by atoms with E-state index in [0.717, 1.165) is 12.1 Å². The van der Waals surface area contributed by atoms with Crippen molar-refractivity contribution in [2.75, 3.05) is 14.1 Å². The highest BCUT2D eigenvalue weighted by atomic mass is 15.1. The molecule has 0 fully saturated rings. The maximum Gasteiger partial charge on any atom is 0.141 e. The third-order valence-electron chi connectivity index (χ3n) is 1.44. The summed E-state index contributed by atoms with van der Waals surface area (Å²) in [4.78, 5) is 10.2. The summed E-state index contributed by atoms with van der Waals surface area (Å²) in [6.45, 7) is 1.27. The highest BCUT2D eigenvalue weighted by Crippen LogP contribution is 1.98. The Morgan fingerprint density at radius 1 is 1.33 bits per heavy atom. The first-order valence-electron chi connectivity index (χ1n) is 3.87. The Morgan fingerprint density at radius 3 is 2.33 bits per heavy atom. The SMILES string of the molecule is CN(C)Cc1cnc(CN)nc1. The lowest BCUT2D eigenvalue weighted by atomic mass is 10.3. The van der Waals surface area contributed by atoms with Gasteiger partial charge in [-0.1, -0.05) is 0 Å². The molecular formula is C8H14N4. The average molecular weight is 166 g/mol. The van der Waals surface area contributed by atoms with Crippen LogP contribution in [-0.4, -0.2) is 29.0 Å². The van der Waals surface area contributed by atoms with Crippen LogP contribution in [0.5, 0.6) is 0 Å². The van der Waals surface area contributed by atoms with Crippen LogP contribution in [0.15, 0.2) is 12.4 Å². The van der Waals surface area contributed by atoms with E-state index in [1.54, 1.807) is 0 Å². The fourth-order valence-corrected chi connectivity index (χ4v) is 0.934. The molecule has 0 aliphatic rings. The Kier molecular flexibility index (Phi) is 3.13. The van der Waals surface area contributed by atoms with Gasteiger partial charge in [0.2, 0.25) is 0 Å². The largest absolute Gasteiger partial charge is 0.324 e. The smallest absolute Gasteiger partial charge is 0.141 e. The molecule has 0 saturated carbocycles. The van der Waals surface area contributed by atoms with E-state index < -0.39 is 0 Å². The maximum atomic E-state index is 5.37. The van der Waals surface area contributed by atoms with Crippen LogP contribution in [0.3, 0.4) is 0 Å². The molecule has 0 unspecified atom stereocenters. The second kappa shape index (κ2) is 4.13. The summed E-state index contributed by atoms with van der Waals surface area (Å²) in [5.41, 5.74) is 6.47. The van der Waals surface area contributed by atoms with Crippen LogP contribution in [-0.2, 0) is 13.1 Å². The first kappa shape index (κ1) is 9.09. The zero-order valence-electron chi connectivity index (χ0n) is 7.49. The number of hydrogen-bond acceptors (Lipinski definition) is 4. The molecule has 0 saturated heterocycles. The lowest BCUT2D eigenvalue weighted by Gasteiger charge is -2.08. The topological polar surface area (TPSA) is 55.0 Å². The molecule has 66 valence electrons. The van der Waals surface area contributed by atoms with Crippen LogP contribution in [0.1, 0.15) is 11.4 Å². The summed E-state index contributed by atoms with van der Waals surface area (Å²) >= 11 is 0. The first-order chi connectivity index (χ1) is 5.72. The zero-order valence-corrected chi connectivity index (χ0v) is 7.49. The summed E-state index contributed by atoms with van der Waals surface area (Å²) in [6.07, 6.45) is 3.63. The molecule has 0 aliphatic heterocycles. The van der Waals surface area contributed by atoms with E-state index >= 15 is 0 Å². The average Bonchev–Trinajstić information content (AvgIpc) is 2.05. The molecule has 0 amide bonds. The fraction of sp³-hybridized carbons (Fsp3) is 0.500. The highest BCUT2D eigenvalue weighted by molar-refractivity contribution is 5.04. The number of aromatic nitrogens is 2. The van der Waals surface area contributed by atoms with Gasteiger partial charge in [-0.2, -0.15) is 0 Å². The molecule has 1 aromatic rings. The molecule has 12 heavy (non-hydrogen) atoms. The third kappa shape index (κ3) is 2.56. The summed E-state index contributed by atoms with van der Waals surface area (Å²) < 4.78 is 0. The lowest BCUT2D eigenvalue weighted by Crippen LogP contribution is -2.12. The van der Waals surface area contributed by atoms with Gasteiger partial charge < -0.3 is 10.6 Å². The van der Waals surface area contributed by atoms with Crippen molar-refractivity contribution in [3.8, 4) is 0 Å². The van der Waals surface area contributed by atoms with Crippen LogP contribution in [0.25, 0.3) is 0 Å². The van der Waals surface area contributed by atoms with Gasteiger partial charge >= 0.3 is 0 Å². The normalized spacial score (nSPS) is 10.7. The van der Waals surface area contributed by atoms with Crippen molar-refractivity contribution in [3.05, 3.63) is 23.8 Å². The molecule has 0 aliphatic carbocycles. The van der Waals surface area contributed by atoms with E-state index in [4.69, 9.17) is 5.73 Å². The van der Waals surface area contributed by atoms with Crippen molar-refractivity contribution in [2.24, 2.45) is 5.73 Å². The number of nitrogens with two attached hydrogens (primary N) is 1. The number of nitrogens with zero attached hydrogens (tertiary/aromatic N) is 3. The molecule has 0 spiro atoms. The van der Waals surface area contributed by atoms with E-state index in [-0.39, 0.29) is 0 Å². The van der Waals surface area contributed by atoms with E-state index in [2.05, 4.69) is 14.9 Å². The van der Waals surface area contributed by atoms with E-state index in [1.807, 2.05) is 26.5 Å². The minimum atomic E-state index is 0.405. The minimum absolute atomic E-state index is 0.405. The van der Waals surface area contributed by atoms with Gasteiger partial charge in [-0.3, -0.25) is 0 Å². The third-order valence-corrected chi connectivity index (χ3v) is 1.44. The zero-order chi connectivity index (χ0) is 8.97. The Hall–Kier alpha value is -1.00. The molecule has 4 heteroatoms. The maximum absolute atomic E-state index is 5.37. The first-order valence-corrected chi connectivity index (χ1v) is 3.87. The molecule has 1 aromatic heterocycles. The van der Waals surface area contributed by atoms with Crippen LogP contribution in [0.2, 0.25) is 0 Å². The Labute approximate surface area is 72.4 Å². The summed E-state index contributed by atoms with van der Waals surface area (Å²) in [6, 6.07) is 0. The second-order valence-corrected chi connectivity index (χ2v) is 2.95. The molecule has 0 atom stereocenters. The van der Waals surface area contributed by atoms with Gasteiger partial charge in [0.05, 0.1) is 6.54 Å². The van der Waals surface area contributed by atoms with Gasteiger partial charge in [0.25, 0.3) is 0 Å². The van der Waals surface area contributed by atoms with Gasteiger partial charge in [-0.05, 0) is 14.1 Å². The monoisotopic (exact) mass is 166 g/mol. The molecule has 4 nitrogen and oxygen atoms in total. The van der Waals surface area contributed by atoms with E-state index in [0.29, 0.717) is 12.4 Å². The predicted octanol–water partition coefficient (Wildman–Crippen LogP) is -0.00310. The molecule has 1 heterocycles. The molecule has 2 N–H and O–H groups in total. The lowest BCUT2D eigenvalue weighted by molar-refractivity contribution is 0.401. The fourth-order valence-electron chi connectivity index (χ4n) is 0.934. The van der Waals surface area contributed by atoms with Gasteiger partial charge in [0.1, 0.15) is 5.82 Å². The Morgan fingerprint density at radius 2 is 1.92 bits per heavy atom. The van der Waals surface area contributed by atoms with E-state index in [1.165, 1.54) is 0 Å². The van der Waals surface area contributed by atoms with Gasteiger partial charge in [-0.15, -0.1) is 0 Å². The highest BCUT2D eigenvalue weighted by Gasteiger charge is 1.96. The number of hydrogen-bond donors (Lipinski definition) is 1. The second-order valence-electron chi connectivity index (χ2n) is 2.95. The van der Waals surface area contributed by atoms with Crippen molar-refractivity contribution in [1.29, 1.82) is 0 Å². The van der Waals surface area contributed by atoms with Crippen LogP contribution >= 0.6 is 0 Å². The predicted molar refractivity (Wildman–Crippen MR) is 47.3 cm³/mol. The standard InChI is InChI=1S/C8H14N4/c1-12(2)6-7-4-10-8(3-9)11-5-7/h4-5H,3,6,9H2,1-2H3. The number of rotatable bonds is 3.